The number of carbonyl (C=O) groups is 1. The van der Waals surface area contributed by atoms with Gasteiger partial charge in [0.2, 0.25) is 5.91 Å². The van der Waals surface area contributed by atoms with Crippen molar-refractivity contribution in [3.05, 3.63) is 48.6 Å². The average Bonchev–Trinajstić information content (AvgIpc) is 2.54. The van der Waals surface area contributed by atoms with E-state index >= 15 is 0 Å². The molecule has 2 aliphatic heterocycles. The lowest BCUT2D eigenvalue weighted by Gasteiger charge is -2.46. The Kier molecular flexibility index (Phi) is 53.0. The standard InChI is InChI=1S/C72H133NO13/c1-3-5-7-9-11-13-15-17-19-21-23-25-27-29-30-32-33-35-37-39-41-43-45-47-49-51-53-55-61(76)60(59-83-71-69(82)67(80)70(63(58-75)85-71)86-72-68(81)66(79)65(78)62(57-74)84-72)73-64(77)56-54-52-50-48-46-44-42-40-38-36-34-31-28-26-24-22-20-18-16-14-12-10-8-6-4-2/h16,18,22,24,28,31,53,55,60-63,65-72,74-76,78-82H,3-15,17,19-21,23,25-27,29-30,32-52,54,56-59H2,1-2H3,(H,73,77)/b18-16-,24-22-,31-28-,55-53+. The molecule has 504 valence electrons. The van der Waals surface area contributed by atoms with Gasteiger partial charge >= 0.3 is 0 Å². The Morgan fingerprint density at radius 1 is 0.419 bits per heavy atom. The smallest absolute Gasteiger partial charge is 0.220 e. The molecule has 9 N–H and O–H groups in total. The molecule has 86 heavy (non-hydrogen) atoms. The molecule has 2 fully saturated rings. The topological polar surface area (TPSA) is 228 Å². The Balaban J connectivity index is 1.69. The summed E-state index contributed by atoms with van der Waals surface area (Å²) in [7, 11) is 0. The number of carbonyl (C=O) groups excluding carboxylic acids is 1. The van der Waals surface area contributed by atoms with E-state index in [9.17, 15) is 45.6 Å². The quantitative estimate of drug-likeness (QED) is 0.0204. The zero-order valence-corrected chi connectivity index (χ0v) is 54.8. The lowest BCUT2D eigenvalue weighted by Crippen LogP contribution is -2.65. The number of unbranched alkanes of at least 4 members (excludes halogenated alkanes) is 40. The summed E-state index contributed by atoms with van der Waals surface area (Å²) in [6.45, 7) is 2.83. The van der Waals surface area contributed by atoms with Crippen LogP contribution in [0.15, 0.2) is 48.6 Å². The summed E-state index contributed by atoms with van der Waals surface area (Å²) in [5.74, 6) is -0.240. The third-order valence-electron chi connectivity index (χ3n) is 17.5. The molecule has 12 unspecified atom stereocenters. The molecular weight excluding hydrogens is 1090 g/mol. The van der Waals surface area contributed by atoms with Crippen molar-refractivity contribution in [2.75, 3.05) is 19.8 Å². The van der Waals surface area contributed by atoms with Crippen molar-refractivity contribution in [3.8, 4) is 0 Å². The van der Waals surface area contributed by atoms with Crippen molar-refractivity contribution in [2.24, 2.45) is 0 Å². The second-order valence-electron chi connectivity index (χ2n) is 25.4. The van der Waals surface area contributed by atoms with E-state index in [1.807, 2.05) is 6.08 Å². The summed E-state index contributed by atoms with van der Waals surface area (Å²) < 4.78 is 22.9. The summed E-state index contributed by atoms with van der Waals surface area (Å²) in [6, 6.07) is -0.920. The van der Waals surface area contributed by atoms with Gasteiger partial charge in [-0.3, -0.25) is 4.79 Å². The molecule has 0 spiro atoms. The molecule has 2 aliphatic rings. The Hall–Kier alpha value is -2.05. The van der Waals surface area contributed by atoms with Crippen LogP contribution in [0.1, 0.15) is 309 Å². The largest absolute Gasteiger partial charge is 0.394 e. The molecule has 0 saturated carbocycles. The summed E-state index contributed by atoms with van der Waals surface area (Å²) in [5, 5.41) is 87.5. The number of aliphatic hydroxyl groups excluding tert-OH is 8. The van der Waals surface area contributed by atoms with Crippen LogP contribution >= 0.6 is 0 Å². The van der Waals surface area contributed by atoms with E-state index in [4.69, 9.17) is 18.9 Å². The maximum absolute atomic E-state index is 13.3. The van der Waals surface area contributed by atoms with E-state index < -0.39 is 86.8 Å². The second kappa shape index (κ2) is 56.9. The number of rotatable bonds is 59. The fourth-order valence-electron chi connectivity index (χ4n) is 11.8. The summed E-state index contributed by atoms with van der Waals surface area (Å²) in [4.78, 5) is 13.3. The first-order valence-corrected chi connectivity index (χ1v) is 35.9. The predicted octanol–water partition coefficient (Wildman–Crippen LogP) is 14.7. The number of ether oxygens (including phenoxy) is 4. The van der Waals surface area contributed by atoms with E-state index in [0.717, 1.165) is 57.8 Å². The van der Waals surface area contributed by atoms with Gasteiger partial charge in [0, 0.05) is 6.42 Å². The maximum atomic E-state index is 13.3. The zero-order valence-electron chi connectivity index (χ0n) is 54.8. The molecule has 0 aromatic rings. The molecule has 14 heteroatoms. The van der Waals surface area contributed by atoms with Crippen LogP contribution in [-0.4, -0.2) is 140 Å². The van der Waals surface area contributed by atoms with Gasteiger partial charge in [0.05, 0.1) is 32.0 Å². The summed E-state index contributed by atoms with van der Waals surface area (Å²) in [5.41, 5.74) is 0. The molecular formula is C72H133NO13. The number of aliphatic hydroxyl groups is 8. The van der Waals surface area contributed by atoms with Gasteiger partial charge < -0.3 is 65.1 Å². The van der Waals surface area contributed by atoms with Crippen LogP contribution < -0.4 is 5.32 Å². The van der Waals surface area contributed by atoms with Crippen molar-refractivity contribution >= 4 is 5.91 Å². The Labute approximate surface area is 524 Å². The number of allylic oxidation sites excluding steroid dienone is 7. The molecule has 0 aliphatic carbocycles. The first kappa shape index (κ1) is 80.0. The van der Waals surface area contributed by atoms with Gasteiger partial charge in [-0.1, -0.05) is 294 Å². The molecule has 0 radical (unpaired) electrons. The fraction of sp³-hybridized carbons (Fsp3) is 0.875. The van der Waals surface area contributed by atoms with E-state index in [1.165, 1.54) is 225 Å². The van der Waals surface area contributed by atoms with Gasteiger partial charge in [0.25, 0.3) is 0 Å². The first-order valence-electron chi connectivity index (χ1n) is 35.9. The number of nitrogens with one attached hydrogen (secondary N) is 1. The molecule has 0 aromatic heterocycles. The van der Waals surface area contributed by atoms with Gasteiger partial charge in [0.1, 0.15) is 48.8 Å². The van der Waals surface area contributed by atoms with Gasteiger partial charge in [0.15, 0.2) is 12.6 Å². The highest BCUT2D eigenvalue weighted by atomic mass is 16.7. The normalized spacial score (nSPS) is 23.7. The first-order chi connectivity index (χ1) is 42.1. The third kappa shape index (κ3) is 40.6. The van der Waals surface area contributed by atoms with Crippen LogP contribution in [0.2, 0.25) is 0 Å². The Bertz CT molecular complexity index is 1630. The molecule has 0 bridgehead atoms. The summed E-state index contributed by atoms with van der Waals surface area (Å²) >= 11 is 0. The average molecular weight is 1220 g/mol. The van der Waals surface area contributed by atoms with E-state index in [0.29, 0.717) is 6.42 Å². The minimum absolute atomic E-state index is 0.240. The van der Waals surface area contributed by atoms with Gasteiger partial charge in [-0.15, -0.1) is 0 Å². The highest BCUT2D eigenvalue weighted by Crippen LogP contribution is 2.30. The van der Waals surface area contributed by atoms with Crippen LogP contribution in [-0.2, 0) is 23.7 Å². The Morgan fingerprint density at radius 3 is 1.17 bits per heavy atom. The van der Waals surface area contributed by atoms with E-state index in [-0.39, 0.29) is 18.9 Å². The highest BCUT2D eigenvalue weighted by Gasteiger charge is 2.51. The van der Waals surface area contributed by atoms with Crippen molar-refractivity contribution in [2.45, 2.75) is 383 Å². The van der Waals surface area contributed by atoms with Crippen LogP contribution in [0.4, 0.5) is 0 Å². The van der Waals surface area contributed by atoms with Gasteiger partial charge in [-0.05, 0) is 57.8 Å². The SMILES string of the molecule is CCCCCCC/C=C\C/C=C\C/C=C\CCCCCCCCCCCCC(=O)NC(COC1OC(CO)C(OC2OC(CO)C(O)C(O)C2O)C(O)C1O)C(O)/C=C/CCCCCCCCCCCCCCCCCCCCCCCCCCC. The molecule has 2 saturated heterocycles. The third-order valence-corrected chi connectivity index (χ3v) is 17.5. The number of hydrogen-bond acceptors (Lipinski definition) is 13. The lowest BCUT2D eigenvalue weighted by molar-refractivity contribution is -0.359. The van der Waals surface area contributed by atoms with Crippen LogP contribution in [0, 0.1) is 0 Å². The number of amides is 1. The van der Waals surface area contributed by atoms with Crippen LogP contribution in [0.25, 0.3) is 0 Å². The maximum Gasteiger partial charge on any atom is 0.220 e. The highest BCUT2D eigenvalue weighted by molar-refractivity contribution is 5.76. The Morgan fingerprint density at radius 2 is 0.767 bits per heavy atom. The summed E-state index contributed by atoms with van der Waals surface area (Å²) in [6.07, 6.45) is 57.3. The minimum Gasteiger partial charge on any atom is -0.394 e. The van der Waals surface area contributed by atoms with Crippen molar-refractivity contribution < 1.29 is 64.6 Å². The van der Waals surface area contributed by atoms with Crippen LogP contribution in [0.5, 0.6) is 0 Å². The monoisotopic (exact) mass is 1220 g/mol. The lowest BCUT2D eigenvalue weighted by atomic mass is 9.97. The molecule has 0 aromatic carbocycles. The second-order valence-corrected chi connectivity index (χ2v) is 25.4. The van der Waals surface area contributed by atoms with E-state index in [1.54, 1.807) is 6.08 Å². The van der Waals surface area contributed by atoms with Gasteiger partial charge in [-0.25, -0.2) is 0 Å². The molecule has 2 heterocycles. The van der Waals surface area contributed by atoms with E-state index in [2.05, 4.69) is 55.6 Å². The number of hydrogen-bond donors (Lipinski definition) is 9. The van der Waals surface area contributed by atoms with Crippen molar-refractivity contribution in [3.63, 3.8) is 0 Å². The zero-order chi connectivity index (χ0) is 62.3. The fourth-order valence-corrected chi connectivity index (χ4v) is 11.8. The molecule has 12 atom stereocenters. The van der Waals surface area contributed by atoms with Crippen molar-refractivity contribution in [1.29, 1.82) is 0 Å². The van der Waals surface area contributed by atoms with Gasteiger partial charge in [-0.2, -0.15) is 0 Å². The molecule has 2 rings (SSSR count). The predicted molar refractivity (Wildman–Crippen MR) is 351 cm³/mol. The van der Waals surface area contributed by atoms with Crippen LogP contribution in [0.3, 0.4) is 0 Å². The van der Waals surface area contributed by atoms with Crippen molar-refractivity contribution in [1.82, 2.24) is 5.32 Å². The molecule has 14 nitrogen and oxygen atoms in total. The molecule has 1 amide bonds. The minimum atomic E-state index is -1.79.